The molecule has 0 bridgehead atoms. The molecule has 0 aliphatic heterocycles. The molecule has 0 radical (unpaired) electrons. The summed E-state index contributed by atoms with van der Waals surface area (Å²) in [5.41, 5.74) is 5.35. The Morgan fingerprint density at radius 2 is 2.36 bits per heavy atom. The first-order valence-corrected chi connectivity index (χ1v) is 6.17. The number of amidine groups is 1. The number of rotatable bonds is 7. The Hall–Kier alpha value is -0.420. The molecular formula is C9H19N3OS. The van der Waals surface area contributed by atoms with Crippen molar-refractivity contribution >= 4 is 17.6 Å². The van der Waals surface area contributed by atoms with Crippen molar-refractivity contribution in [2.24, 2.45) is 10.9 Å². The van der Waals surface area contributed by atoms with Crippen LogP contribution in [0.25, 0.3) is 0 Å². The van der Waals surface area contributed by atoms with E-state index in [1.807, 2.05) is 11.8 Å². The number of nitrogens with two attached hydrogens (primary N) is 1. The van der Waals surface area contributed by atoms with Crippen molar-refractivity contribution in [3.8, 4) is 0 Å². The van der Waals surface area contributed by atoms with E-state index in [-0.39, 0.29) is 0 Å². The van der Waals surface area contributed by atoms with E-state index < -0.39 is 0 Å². The minimum absolute atomic E-state index is 0.317. The van der Waals surface area contributed by atoms with Gasteiger partial charge in [-0.25, -0.2) is 0 Å². The van der Waals surface area contributed by atoms with Crippen molar-refractivity contribution in [1.29, 1.82) is 0 Å². The fraction of sp³-hybridized carbons (Fsp3) is 0.889. The molecule has 0 saturated heterocycles. The van der Waals surface area contributed by atoms with Gasteiger partial charge in [0.2, 0.25) is 0 Å². The number of hydrogen-bond acceptors (Lipinski definition) is 4. The summed E-state index contributed by atoms with van der Waals surface area (Å²) < 4.78 is 0.524. The lowest BCUT2D eigenvalue weighted by atomic mass is 10.3. The summed E-state index contributed by atoms with van der Waals surface area (Å²) >= 11 is 1.96. The van der Waals surface area contributed by atoms with Crippen LogP contribution < -0.4 is 11.1 Å². The quantitative estimate of drug-likeness (QED) is 0.196. The van der Waals surface area contributed by atoms with Gasteiger partial charge in [0.1, 0.15) is 5.84 Å². The van der Waals surface area contributed by atoms with Crippen molar-refractivity contribution in [2.45, 2.75) is 30.4 Å². The Kier molecular flexibility index (Phi) is 4.54. The van der Waals surface area contributed by atoms with Crippen LogP contribution >= 0.6 is 11.8 Å². The molecule has 1 aliphatic carbocycles. The van der Waals surface area contributed by atoms with E-state index >= 15 is 0 Å². The number of nitrogens with one attached hydrogen (secondary N) is 1. The smallest absolute Gasteiger partial charge is 0.139 e. The molecular weight excluding hydrogens is 198 g/mol. The summed E-state index contributed by atoms with van der Waals surface area (Å²) in [7, 11) is 0. The third-order valence-electron chi connectivity index (χ3n) is 2.60. The van der Waals surface area contributed by atoms with Gasteiger partial charge in [-0.05, 0) is 32.1 Å². The Morgan fingerprint density at radius 3 is 2.86 bits per heavy atom. The highest BCUT2D eigenvalue weighted by Crippen LogP contribution is 2.46. The predicted molar refractivity (Wildman–Crippen MR) is 61.0 cm³/mol. The van der Waals surface area contributed by atoms with Gasteiger partial charge in [0.25, 0.3) is 0 Å². The zero-order chi connectivity index (χ0) is 10.4. The second-order valence-electron chi connectivity index (χ2n) is 3.76. The molecule has 0 amide bonds. The molecule has 4 nitrogen and oxygen atoms in total. The molecule has 1 aliphatic rings. The van der Waals surface area contributed by atoms with E-state index in [1.165, 1.54) is 12.8 Å². The summed E-state index contributed by atoms with van der Waals surface area (Å²) in [5, 5.41) is 14.6. The summed E-state index contributed by atoms with van der Waals surface area (Å²) in [5.74, 6) is 0.317. The van der Waals surface area contributed by atoms with Crippen molar-refractivity contribution in [2.75, 3.05) is 19.3 Å². The highest BCUT2D eigenvalue weighted by molar-refractivity contribution is 8.00. The molecule has 82 valence electrons. The van der Waals surface area contributed by atoms with Crippen LogP contribution in [0.15, 0.2) is 5.16 Å². The fourth-order valence-electron chi connectivity index (χ4n) is 1.35. The molecule has 4 N–H and O–H groups in total. The lowest BCUT2D eigenvalue weighted by Gasteiger charge is -2.12. The van der Waals surface area contributed by atoms with E-state index in [9.17, 15) is 0 Å². The molecule has 0 heterocycles. The molecule has 5 heteroatoms. The first-order chi connectivity index (χ1) is 6.72. The van der Waals surface area contributed by atoms with E-state index in [0.29, 0.717) is 17.0 Å². The highest BCUT2D eigenvalue weighted by atomic mass is 32.2. The first kappa shape index (κ1) is 11.7. The van der Waals surface area contributed by atoms with Gasteiger partial charge >= 0.3 is 0 Å². The van der Waals surface area contributed by atoms with Crippen LogP contribution in [0.4, 0.5) is 0 Å². The zero-order valence-corrected chi connectivity index (χ0v) is 9.44. The SMILES string of the molecule is CSC1(CNCCCC(N)=NO)CC1. The molecule has 1 saturated carbocycles. The lowest BCUT2D eigenvalue weighted by molar-refractivity contribution is 0.316. The van der Waals surface area contributed by atoms with Crippen LogP contribution in [0, 0.1) is 0 Å². The molecule has 1 rings (SSSR count). The van der Waals surface area contributed by atoms with Gasteiger partial charge in [0.05, 0.1) is 0 Å². The second kappa shape index (κ2) is 5.46. The van der Waals surface area contributed by atoms with Gasteiger partial charge in [0, 0.05) is 17.7 Å². The minimum atomic E-state index is 0.317. The fourth-order valence-corrected chi connectivity index (χ4v) is 2.11. The molecule has 1 fully saturated rings. The van der Waals surface area contributed by atoms with Crippen LogP contribution in [0.1, 0.15) is 25.7 Å². The van der Waals surface area contributed by atoms with Gasteiger partial charge in [-0.15, -0.1) is 0 Å². The summed E-state index contributed by atoms with van der Waals surface area (Å²) in [6, 6.07) is 0. The standard InChI is InChI=1S/C9H19N3OS/c1-14-9(4-5-9)7-11-6-2-3-8(10)12-13/h11,13H,2-7H2,1H3,(H2,10,12). The van der Waals surface area contributed by atoms with E-state index in [4.69, 9.17) is 10.9 Å². The number of oxime groups is 1. The number of hydrogen-bond donors (Lipinski definition) is 3. The average molecular weight is 217 g/mol. The van der Waals surface area contributed by atoms with Gasteiger partial charge < -0.3 is 16.3 Å². The third kappa shape index (κ3) is 3.75. The normalized spacial score (nSPS) is 19.6. The average Bonchev–Trinajstić information content (AvgIpc) is 2.98. The molecule has 0 unspecified atom stereocenters. The van der Waals surface area contributed by atoms with Crippen LogP contribution in [0.5, 0.6) is 0 Å². The number of thioether (sulfide) groups is 1. The van der Waals surface area contributed by atoms with E-state index in [2.05, 4.69) is 16.7 Å². The molecule has 0 aromatic heterocycles. The van der Waals surface area contributed by atoms with Crippen molar-refractivity contribution < 1.29 is 5.21 Å². The van der Waals surface area contributed by atoms with Crippen molar-refractivity contribution in [3.63, 3.8) is 0 Å². The van der Waals surface area contributed by atoms with Gasteiger partial charge in [-0.2, -0.15) is 11.8 Å². The van der Waals surface area contributed by atoms with Crippen molar-refractivity contribution in [3.05, 3.63) is 0 Å². The maximum Gasteiger partial charge on any atom is 0.139 e. The minimum Gasteiger partial charge on any atom is -0.409 e. The lowest BCUT2D eigenvalue weighted by Crippen LogP contribution is -2.27. The number of nitrogens with zero attached hydrogens (tertiary/aromatic N) is 1. The maximum absolute atomic E-state index is 8.31. The third-order valence-corrected chi connectivity index (χ3v) is 4.02. The van der Waals surface area contributed by atoms with E-state index in [1.54, 1.807) is 0 Å². The first-order valence-electron chi connectivity index (χ1n) is 4.95. The Bertz CT molecular complexity index is 204. The maximum atomic E-state index is 8.31. The summed E-state index contributed by atoms with van der Waals surface area (Å²) in [6.45, 7) is 2.03. The molecule has 0 aromatic carbocycles. The van der Waals surface area contributed by atoms with Gasteiger partial charge in [-0.3, -0.25) is 0 Å². The Balaban J connectivity index is 1.95. The van der Waals surface area contributed by atoms with Crippen LogP contribution in [0.3, 0.4) is 0 Å². The second-order valence-corrected chi connectivity index (χ2v) is 5.03. The van der Waals surface area contributed by atoms with Crippen LogP contribution in [-0.2, 0) is 0 Å². The predicted octanol–water partition coefficient (Wildman–Crippen LogP) is 0.998. The van der Waals surface area contributed by atoms with Gasteiger partial charge in [0.15, 0.2) is 0 Å². The van der Waals surface area contributed by atoms with Gasteiger partial charge in [-0.1, -0.05) is 5.16 Å². The largest absolute Gasteiger partial charge is 0.409 e. The summed E-state index contributed by atoms with van der Waals surface area (Å²) in [4.78, 5) is 0. The Morgan fingerprint density at radius 1 is 1.64 bits per heavy atom. The monoisotopic (exact) mass is 217 g/mol. The van der Waals surface area contributed by atoms with Crippen LogP contribution in [-0.4, -0.2) is 35.1 Å². The molecule has 14 heavy (non-hydrogen) atoms. The molecule has 0 atom stereocenters. The molecule has 0 aromatic rings. The molecule has 0 spiro atoms. The van der Waals surface area contributed by atoms with E-state index in [0.717, 1.165) is 19.5 Å². The van der Waals surface area contributed by atoms with Crippen molar-refractivity contribution in [1.82, 2.24) is 5.32 Å². The zero-order valence-electron chi connectivity index (χ0n) is 8.62. The summed E-state index contributed by atoms with van der Waals surface area (Å²) in [6.07, 6.45) is 6.43. The Labute approximate surface area is 89.3 Å². The topological polar surface area (TPSA) is 70.6 Å². The highest BCUT2D eigenvalue weighted by Gasteiger charge is 2.41. The van der Waals surface area contributed by atoms with Crippen LogP contribution in [0.2, 0.25) is 0 Å².